The monoisotopic (exact) mass is 564 g/mol. The Labute approximate surface area is 239 Å². The molecule has 0 amide bonds. The number of imidazole rings is 1. The molecule has 42 heavy (non-hydrogen) atoms. The SMILES string of the molecule is O=C(OC[C@H]1O[C@@H](n2cnc3cncnc32)[C@H](OC(=O)c2ccccc2)[C@@H]1OC(=O)c1ccccc1)c1ccccc1. The van der Waals surface area contributed by atoms with Crippen LogP contribution in [0.3, 0.4) is 0 Å². The van der Waals surface area contributed by atoms with Crippen molar-refractivity contribution in [2.75, 3.05) is 6.61 Å². The molecule has 1 aliphatic heterocycles. The van der Waals surface area contributed by atoms with Crippen molar-refractivity contribution in [1.29, 1.82) is 0 Å². The number of carbonyl (C=O) groups is 3. The third-order valence-corrected chi connectivity index (χ3v) is 6.69. The maximum Gasteiger partial charge on any atom is 0.338 e. The van der Waals surface area contributed by atoms with E-state index >= 15 is 0 Å². The smallest absolute Gasteiger partial charge is 0.338 e. The van der Waals surface area contributed by atoms with Gasteiger partial charge in [-0.05, 0) is 36.4 Å². The quantitative estimate of drug-likeness (QED) is 0.201. The fourth-order valence-electron chi connectivity index (χ4n) is 4.65. The Morgan fingerprint density at radius 3 is 1.86 bits per heavy atom. The first-order valence-corrected chi connectivity index (χ1v) is 13.1. The minimum Gasteiger partial charge on any atom is -0.459 e. The summed E-state index contributed by atoms with van der Waals surface area (Å²) in [6, 6.07) is 25.2. The molecule has 210 valence electrons. The van der Waals surface area contributed by atoms with E-state index in [0.717, 1.165) is 0 Å². The van der Waals surface area contributed by atoms with Crippen LogP contribution in [0, 0.1) is 0 Å². The lowest BCUT2D eigenvalue weighted by Gasteiger charge is -2.25. The van der Waals surface area contributed by atoms with Gasteiger partial charge < -0.3 is 18.9 Å². The van der Waals surface area contributed by atoms with E-state index in [9.17, 15) is 14.4 Å². The van der Waals surface area contributed by atoms with Gasteiger partial charge in [0.2, 0.25) is 0 Å². The number of carbonyl (C=O) groups excluding carboxylic acids is 3. The van der Waals surface area contributed by atoms with E-state index in [0.29, 0.717) is 22.3 Å². The van der Waals surface area contributed by atoms with Gasteiger partial charge in [-0.15, -0.1) is 0 Å². The van der Waals surface area contributed by atoms with Gasteiger partial charge in [0.15, 0.2) is 24.1 Å². The zero-order chi connectivity index (χ0) is 28.9. The van der Waals surface area contributed by atoms with Crippen LogP contribution < -0.4 is 0 Å². The number of fused-ring (bicyclic) bond motifs is 1. The van der Waals surface area contributed by atoms with Crippen molar-refractivity contribution in [3.8, 4) is 0 Å². The van der Waals surface area contributed by atoms with Crippen LogP contribution in [0.1, 0.15) is 37.3 Å². The number of hydrogen-bond donors (Lipinski definition) is 0. The minimum absolute atomic E-state index is 0.287. The van der Waals surface area contributed by atoms with Gasteiger partial charge in [-0.3, -0.25) is 4.57 Å². The summed E-state index contributed by atoms with van der Waals surface area (Å²) in [6.45, 7) is -0.294. The van der Waals surface area contributed by atoms with E-state index < -0.39 is 42.4 Å². The van der Waals surface area contributed by atoms with Crippen LogP contribution >= 0.6 is 0 Å². The highest BCUT2D eigenvalue weighted by Crippen LogP contribution is 2.36. The molecule has 11 nitrogen and oxygen atoms in total. The Kier molecular flexibility index (Phi) is 7.64. The normalized spacial score (nSPS) is 19.7. The number of ether oxygens (including phenoxy) is 4. The van der Waals surface area contributed by atoms with Crippen molar-refractivity contribution in [2.45, 2.75) is 24.5 Å². The van der Waals surface area contributed by atoms with E-state index in [1.165, 1.54) is 18.9 Å². The third kappa shape index (κ3) is 5.58. The summed E-state index contributed by atoms with van der Waals surface area (Å²) < 4.78 is 25.4. The Balaban J connectivity index is 1.36. The Morgan fingerprint density at radius 2 is 1.26 bits per heavy atom. The van der Waals surface area contributed by atoms with E-state index in [4.69, 9.17) is 18.9 Å². The van der Waals surface area contributed by atoms with Crippen LogP contribution in [0.25, 0.3) is 11.2 Å². The molecule has 2 aromatic heterocycles. The molecule has 0 spiro atoms. The predicted molar refractivity (Wildman–Crippen MR) is 147 cm³/mol. The molecular weight excluding hydrogens is 540 g/mol. The third-order valence-electron chi connectivity index (χ3n) is 6.69. The maximum atomic E-state index is 13.3. The summed E-state index contributed by atoms with van der Waals surface area (Å²) in [5.74, 6) is -1.91. The molecule has 0 aliphatic carbocycles. The van der Waals surface area contributed by atoms with Crippen molar-refractivity contribution in [1.82, 2.24) is 19.5 Å². The van der Waals surface area contributed by atoms with Crippen molar-refractivity contribution < 1.29 is 33.3 Å². The fraction of sp³-hybridized carbons (Fsp3) is 0.161. The van der Waals surface area contributed by atoms with Gasteiger partial charge in [0.05, 0.1) is 29.2 Å². The summed E-state index contributed by atoms with van der Waals surface area (Å²) in [4.78, 5) is 51.9. The number of aromatic nitrogens is 4. The summed E-state index contributed by atoms with van der Waals surface area (Å²) in [7, 11) is 0. The standard InChI is InChI=1S/C31H24N4O7/c36-29(20-10-4-1-5-11-20)39-17-24-25(41-30(37)21-12-6-2-7-13-21)26(42-31(38)22-14-8-3-9-15-22)28(40-24)35-19-34-23-16-32-18-33-27(23)35/h1-16,18-19,24-26,28H,17H2/t24-,25-,26-,28-/m1/s1. The van der Waals surface area contributed by atoms with Crippen molar-refractivity contribution >= 4 is 29.1 Å². The summed E-state index contributed by atoms with van der Waals surface area (Å²) in [5, 5.41) is 0. The van der Waals surface area contributed by atoms with Gasteiger partial charge in [-0.2, -0.15) is 0 Å². The van der Waals surface area contributed by atoms with Crippen LogP contribution in [0.5, 0.6) is 0 Å². The van der Waals surface area contributed by atoms with Crippen molar-refractivity contribution in [3.05, 3.63) is 127 Å². The summed E-state index contributed by atoms with van der Waals surface area (Å²) >= 11 is 0. The topological polar surface area (TPSA) is 132 Å². The van der Waals surface area contributed by atoms with E-state index in [2.05, 4.69) is 15.0 Å². The number of rotatable bonds is 8. The van der Waals surface area contributed by atoms with Gasteiger partial charge in [0.1, 0.15) is 24.6 Å². The fourth-order valence-corrected chi connectivity index (χ4v) is 4.65. The Hall–Kier alpha value is -5.42. The Morgan fingerprint density at radius 1 is 0.714 bits per heavy atom. The van der Waals surface area contributed by atoms with E-state index in [1.54, 1.807) is 95.6 Å². The minimum atomic E-state index is -1.17. The van der Waals surface area contributed by atoms with Gasteiger partial charge in [-0.1, -0.05) is 54.6 Å². The largest absolute Gasteiger partial charge is 0.459 e. The molecule has 0 N–H and O–H groups in total. The molecule has 1 saturated heterocycles. The number of benzene rings is 3. The zero-order valence-corrected chi connectivity index (χ0v) is 22.1. The molecule has 3 heterocycles. The van der Waals surface area contributed by atoms with E-state index in [-0.39, 0.29) is 12.2 Å². The molecule has 0 unspecified atom stereocenters. The van der Waals surface area contributed by atoms with Crippen molar-refractivity contribution in [3.63, 3.8) is 0 Å². The van der Waals surface area contributed by atoms with Gasteiger partial charge in [-0.25, -0.2) is 29.3 Å². The van der Waals surface area contributed by atoms with Gasteiger partial charge in [0, 0.05) is 0 Å². The number of hydrogen-bond acceptors (Lipinski definition) is 10. The molecule has 0 saturated carbocycles. The summed E-state index contributed by atoms with van der Waals surface area (Å²) in [5.41, 5.74) is 1.81. The van der Waals surface area contributed by atoms with Crippen molar-refractivity contribution in [2.24, 2.45) is 0 Å². The van der Waals surface area contributed by atoms with Crippen LogP contribution in [0.2, 0.25) is 0 Å². The average molecular weight is 565 g/mol. The molecule has 0 bridgehead atoms. The highest BCUT2D eigenvalue weighted by molar-refractivity contribution is 5.91. The molecule has 3 aromatic carbocycles. The lowest BCUT2D eigenvalue weighted by atomic mass is 10.1. The molecule has 11 heteroatoms. The predicted octanol–water partition coefficient (Wildman–Crippen LogP) is 4.03. The highest BCUT2D eigenvalue weighted by atomic mass is 16.7. The first-order valence-electron chi connectivity index (χ1n) is 13.1. The van der Waals surface area contributed by atoms with Gasteiger partial charge >= 0.3 is 17.9 Å². The average Bonchev–Trinajstić information content (AvgIpc) is 3.62. The second-order valence-corrected chi connectivity index (χ2v) is 9.38. The second kappa shape index (κ2) is 12.0. The zero-order valence-electron chi connectivity index (χ0n) is 22.1. The molecule has 0 radical (unpaired) electrons. The molecular formula is C31H24N4O7. The second-order valence-electron chi connectivity index (χ2n) is 9.38. The molecule has 1 aliphatic rings. The van der Waals surface area contributed by atoms with Crippen LogP contribution in [-0.2, 0) is 18.9 Å². The number of esters is 3. The van der Waals surface area contributed by atoms with Crippen LogP contribution in [0.15, 0.2) is 110 Å². The number of nitrogens with zero attached hydrogens (tertiary/aromatic N) is 4. The molecule has 1 fully saturated rings. The maximum absolute atomic E-state index is 13.3. The highest BCUT2D eigenvalue weighted by Gasteiger charge is 2.51. The van der Waals surface area contributed by atoms with Gasteiger partial charge in [0.25, 0.3) is 0 Å². The molecule has 5 aromatic rings. The van der Waals surface area contributed by atoms with E-state index in [1.807, 2.05) is 0 Å². The first-order chi connectivity index (χ1) is 20.6. The first kappa shape index (κ1) is 26.8. The Bertz CT molecular complexity index is 1700. The lowest BCUT2D eigenvalue weighted by molar-refractivity contribution is -0.0606. The molecule has 6 rings (SSSR count). The summed E-state index contributed by atoms with van der Waals surface area (Å²) in [6.07, 6.45) is -0.0230. The van der Waals surface area contributed by atoms with Crippen LogP contribution in [-0.4, -0.2) is 62.3 Å². The molecule has 4 atom stereocenters. The van der Waals surface area contributed by atoms with Crippen LogP contribution in [0.4, 0.5) is 0 Å². The lowest BCUT2D eigenvalue weighted by Crippen LogP contribution is -2.41.